The smallest absolute Gasteiger partial charge is 0.226 e. The van der Waals surface area contributed by atoms with Gasteiger partial charge < -0.3 is 14.6 Å². The second kappa shape index (κ2) is 9.98. The predicted molar refractivity (Wildman–Crippen MR) is 99.5 cm³/mol. The van der Waals surface area contributed by atoms with Crippen LogP contribution in [0, 0.1) is 0 Å². The lowest BCUT2D eigenvalue weighted by Crippen LogP contribution is -2.32. The molecule has 25 heavy (non-hydrogen) atoms. The Balaban J connectivity index is 1.74. The number of furan rings is 1. The van der Waals surface area contributed by atoms with Crippen LogP contribution in [0.5, 0.6) is 0 Å². The molecule has 0 saturated carbocycles. The molecule has 0 spiro atoms. The zero-order chi connectivity index (χ0) is 18.1. The molecule has 2 heterocycles. The lowest BCUT2D eigenvalue weighted by atomic mass is 10.2. The van der Waals surface area contributed by atoms with Crippen molar-refractivity contribution >= 4 is 28.3 Å². The maximum absolute atomic E-state index is 12.2. The van der Waals surface area contributed by atoms with E-state index >= 15 is 0 Å². The third kappa shape index (κ3) is 6.01. The van der Waals surface area contributed by atoms with Crippen molar-refractivity contribution in [3.63, 3.8) is 0 Å². The van der Waals surface area contributed by atoms with Gasteiger partial charge in [-0.25, -0.2) is 4.98 Å². The predicted octanol–water partition coefficient (Wildman–Crippen LogP) is 4.16. The zero-order valence-corrected chi connectivity index (χ0v) is 15.6. The number of carbonyl (C=O) groups excluding carboxylic acids is 2. The van der Waals surface area contributed by atoms with E-state index in [1.165, 1.54) is 11.3 Å². The summed E-state index contributed by atoms with van der Waals surface area (Å²) in [6, 6.07) is 3.62. The highest BCUT2D eigenvalue weighted by Crippen LogP contribution is 2.25. The molecular formula is C18H25N3O3S. The lowest BCUT2D eigenvalue weighted by Gasteiger charge is -2.21. The number of thiazole rings is 1. The highest BCUT2D eigenvalue weighted by Gasteiger charge is 2.13. The molecule has 2 aromatic heterocycles. The SMILES string of the molecule is CCCN(CCC)C(=O)CCCC(=O)Nc1nc(-c2ccco2)cs1. The molecule has 0 aromatic carbocycles. The van der Waals surface area contributed by atoms with Gasteiger partial charge >= 0.3 is 0 Å². The summed E-state index contributed by atoms with van der Waals surface area (Å²) in [4.78, 5) is 30.4. The summed E-state index contributed by atoms with van der Waals surface area (Å²) in [6.07, 6.45) is 4.76. The van der Waals surface area contributed by atoms with E-state index in [1.807, 2.05) is 16.3 Å². The van der Waals surface area contributed by atoms with E-state index in [-0.39, 0.29) is 11.8 Å². The maximum atomic E-state index is 12.2. The fourth-order valence-electron chi connectivity index (χ4n) is 2.51. The Morgan fingerprint density at radius 2 is 2.00 bits per heavy atom. The lowest BCUT2D eigenvalue weighted by molar-refractivity contribution is -0.131. The van der Waals surface area contributed by atoms with E-state index in [4.69, 9.17) is 4.42 Å². The Morgan fingerprint density at radius 1 is 1.24 bits per heavy atom. The van der Waals surface area contributed by atoms with Crippen molar-refractivity contribution in [2.24, 2.45) is 0 Å². The minimum Gasteiger partial charge on any atom is -0.463 e. The van der Waals surface area contributed by atoms with Crippen LogP contribution >= 0.6 is 11.3 Å². The van der Waals surface area contributed by atoms with E-state index in [2.05, 4.69) is 24.1 Å². The van der Waals surface area contributed by atoms with Crippen LogP contribution in [-0.2, 0) is 9.59 Å². The average molecular weight is 363 g/mol. The van der Waals surface area contributed by atoms with Crippen molar-refractivity contribution in [1.82, 2.24) is 9.88 Å². The third-order valence-electron chi connectivity index (χ3n) is 3.66. The molecule has 2 aromatic rings. The first-order valence-corrected chi connectivity index (χ1v) is 9.59. The molecule has 1 N–H and O–H groups in total. The van der Waals surface area contributed by atoms with E-state index < -0.39 is 0 Å². The molecule has 0 unspecified atom stereocenters. The third-order valence-corrected chi connectivity index (χ3v) is 4.42. The average Bonchev–Trinajstić information content (AvgIpc) is 3.25. The van der Waals surface area contributed by atoms with Gasteiger partial charge in [0, 0.05) is 31.3 Å². The number of rotatable bonds is 10. The number of carbonyl (C=O) groups is 2. The van der Waals surface area contributed by atoms with Crippen molar-refractivity contribution in [3.05, 3.63) is 23.8 Å². The molecule has 0 aliphatic heterocycles. The monoisotopic (exact) mass is 363 g/mol. The Kier molecular flexibility index (Phi) is 7.66. The van der Waals surface area contributed by atoms with Gasteiger partial charge in [0.2, 0.25) is 11.8 Å². The van der Waals surface area contributed by atoms with E-state index in [9.17, 15) is 9.59 Å². The second-order valence-electron chi connectivity index (χ2n) is 5.80. The Hall–Kier alpha value is -2.15. The number of anilines is 1. The van der Waals surface area contributed by atoms with Gasteiger partial charge in [-0.05, 0) is 31.4 Å². The Morgan fingerprint density at radius 3 is 2.64 bits per heavy atom. The number of hydrogen-bond donors (Lipinski definition) is 1. The first kappa shape index (κ1) is 19.2. The van der Waals surface area contributed by atoms with Gasteiger partial charge in [-0.1, -0.05) is 13.8 Å². The van der Waals surface area contributed by atoms with Gasteiger partial charge in [-0.15, -0.1) is 11.3 Å². The Bertz CT molecular complexity index is 661. The minimum atomic E-state index is -0.120. The molecule has 2 rings (SSSR count). The van der Waals surface area contributed by atoms with E-state index in [1.54, 1.807) is 12.3 Å². The normalized spacial score (nSPS) is 10.6. The van der Waals surface area contributed by atoms with Crippen LogP contribution in [0.1, 0.15) is 46.0 Å². The zero-order valence-electron chi connectivity index (χ0n) is 14.8. The highest BCUT2D eigenvalue weighted by atomic mass is 32.1. The van der Waals surface area contributed by atoms with E-state index in [0.29, 0.717) is 35.8 Å². The van der Waals surface area contributed by atoms with E-state index in [0.717, 1.165) is 25.9 Å². The summed E-state index contributed by atoms with van der Waals surface area (Å²) in [5.41, 5.74) is 0.704. The van der Waals surface area contributed by atoms with Crippen LogP contribution in [0.2, 0.25) is 0 Å². The van der Waals surface area contributed by atoms with Gasteiger partial charge in [-0.2, -0.15) is 0 Å². The largest absolute Gasteiger partial charge is 0.463 e. The van der Waals surface area contributed by atoms with Crippen LogP contribution in [0.3, 0.4) is 0 Å². The van der Waals surface area contributed by atoms with Crippen LogP contribution in [0.15, 0.2) is 28.2 Å². The van der Waals surface area contributed by atoms with Crippen molar-refractivity contribution in [2.45, 2.75) is 46.0 Å². The summed E-state index contributed by atoms with van der Waals surface area (Å²) in [5.74, 6) is 0.686. The van der Waals surface area contributed by atoms with Crippen LogP contribution in [0.25, 0.3) is 11.5 Å². The van der Waals surface area contributed by atoms with Gasteiger partial charge in [0.25, 0.3) is 0 Å². The number of nitrogens with one attached hydrogen (secondary N) is 1. The molecule has 2 amide bonds. The van der Waals surface area contributed by atoms with Crippen molar-refractivity contribution in [1.29, 1.82) is 0 Å². The molecule has 0 fully saturated rings. The molecule has 6 nitrogen and oxygen atoms in total. The number of hydrogen-bond acceptors (Lipinski definition) is 5. The molecule has 0 radical (unpaired) electrons. The van der Waals surface area contributed by atoms with Gasteiger partial charge in [0.1, 0.15) is 5.69 Å². The van der Waals surface area contributed by atoms with Crippen molar-refractivity contribution in [2.75, 3.05) is 18.4 Å². The summed E-state index contributed by atoms with van der Waals surface area (Å²) in [5, 5.41) is 5.16. The number of amides is 2. The standard InChI is InChI=1S/C18H25N3O3S/c1-3-10-21(11-4-2)17(23)9-5-8-16(22)20-18-19-14(13-25-18)15-7-6-12-24-15/h6-7,12-13H,3-5,8-11H2,1-2H3,(H,19,20,22). The molecule has 0 atom stereocenters. The molecule has 7 heteroatoms. The van der Waals surface area contributed by atoms with Crippen LogP contribution in [0.4, 0.5) is 5.13 Å². The molecule has 136 valence electrons. The number of aromatic nitrogens is 1. The second-order valence-corrected chi connectivity index (χ2v) is 6.66. The quantitative estimate of drug-likeness (QED) is 0.688. The first-order chi connectivity index (χ1) is 12.1. The van der Waals surface area contributed by atoms with Crippen LogP contribution in [-0.4, -0.2) is 34.8 Å². The maximum Gasteiger partial charge on any atom is 0.226 e. The van der Waals surface area contributed by atoms with Gasteiger partial charge in [0.15, 0.2) is 10.9 Å². The molecule has 0 saturated heterocycles. The molecular weight excluding hydrogens is 338 g/mol. The summed E-state index contributed by atoms with van der Waals surface area (Å²) >= 11 is 1.36. The molecule has 0 bridgehead atoms. The van der Waals surface area contributed by atoms with Crippen molar-refractivity contribution < 1.29 is 14.0 Å². The van der Waals surface area contributed by atoms with Crippen molar-refractivity contribution in [3.8, 4) is 11.5 Å². The van der Waals surface area contributed by atoms with Gasteiger partial charge in [-0.3, -0.25) is 9.59 Å². The fourth-order valence-corrected chi connectivity index (χ4v) is 3.23. The number of nitrogens with zero attached hydrogens (tertiary/aromatic N) is 2. The molecule has 0 aliphatic rings. The van der Waals surface area contributed by atoms with Crippen LogP contribution < -0.4 is 5.32 Å². The van der Waals surface area contributed by atoms with Gasteiger partial charge in [0.05, 0.1) is 6.26 Å². The minimum absolute atomic E-state index is 0.120. The first-order valence-electron chi connectivity index (χ1n) is 8.71. The fraction of sp³-hybridized carbons (Fsp3) is 0.500. The summed E-state index contributed by atoms with van der Waals surface area (Å²) < 4.78 is 5.28. The molecule has 0 aliphatic carbocycles. The highest BCUT2D eigenvalue weighted by molar-refractivity contribution is 7.14. The topological polar surface area (TPSA) is 75.4 Å². The Labute approximate surface area is 152 Å². The summed E-state index contributed by atoms with van der Waals surface area (Å²) in [7, 11) is 0. The summed E-state index contributed by atoms with van der Waals surface area (Å²) in [6.45, 7) is 5.70.